The van der Waals surface area contributed by atoms with Crippen LogP contribution in [0, 0.1) is 0 Å². The Balaban J connectivity index is 1.63. The first-order valence-corrected chi connectivity index (χ1v) is 11.5. The number of ketones is 1. The molecular weight excluding hydrogens is 438 g/mol. The summed E-state index contributed by atoms with van der Waals surface area (Å²) in [5.41, 5.74) is 15.9. The normalized spacial score (nSPS) is 16.0. The van der Waals surface area contributed by atoms with Crippen molar-refractivity contribution >= 4 is 28.8 Å². The van der Waals surface area contributed by atoms with Crippen LogP contribution in [0.5, 0.6) is 5.75 Å². The van der Waals surface area contributed by atoms with E-state index in [2.05, 4.69) is 14.9 Å². The van der Waals surface area contributed by atoms with E-state index >= 15 is 0 Å². The first-order valence-electron chi connectivity index (χ1n) is 11.1. The lowest BCUT2D eigenvalue weighted by Gasteiger charge is -2.33. The number of rotatable bonds is 7. The molecular formula is C25H28ClN5O2. The second-order valence-corrected chi connectivity index (χ2v) is 8.57. The second-order valence-electron chi connectivity index (χ2n) is 8.16. The summed E-state index contributed by atoms with van der Waals surface area (Å²) in [6, 6.07) is 10.9. The Bertz CT molecular complexity index is 1150. The van der Waals surface area contributed by atoms with Gasteiger partial charge in [-0.15, -0.1) is 0 Å². The molecule has 1 fully saturated rings. The van der Waals surface area contributed by atoms with Gasteiger partial charge in [-0.3, -0.25) is 9.78 Å². The van der Waals surface area contributed by atoms with Crippen LogP contribution in [0.1, 0.15) is 35.8 Å². The van der Waals surface area contributed by atoms with Crippen LogP contribution in [0.4, 0.5) is 11.4 Å². The van der Waals surface area contributed by atoms with Crippen LogP contribution in [-0.2, 0) is 6.42 Å². The Hall–Kier alpha value is -3.16. The van der Waals surface area contributed by atoms with Crippen molar-refractivity contribution < 1.29 is 9.53 Å². The highest BCUT2D eigenvalue weighted by Crippen LogP contribution is 2.32. The van der Waals surface area contributed by atoms with Gasteiger partial charge in [0.05, 0.1) is 23.0 Å². The van der Waals surface area contributed by atoms with Crippen LogP contribution in [0.2, 0.25) is 5.02 Å². The maximum atomic E-state index is 13.3. The van der Waals surface area contributed by atoms with Gasteiger partial charge in [-0.1, -0.05) is 11.6 Å². The third-order valence-corrected chi connectivity index (χ3v) is 6.07. The second kappa shape index (κ2) is 10.2. The Morgan fingerprint density at radius 2 is 2.12 bits per heavy atom. The number of carbonyl (C=O) groups excluding carboxylic acids is 1. The molecule has 0 radical (unpaired) electrons. The Kier molecular flexibility index (Phi) is 7.11. The van der Waals surface area contributed by atoms with Gasteiger partial charge < -0.3 is 21.1 Å². The fourth-order valence-corrected chi connectivity index (χ4v) is 4.36. The van der Waals surface area contributed by atoms with Gasteiger partial charge >= 0.3 is 0 Å². The quantitative estimate of drug-likeness (QED) is 0.505. The topological polar surface area (TPSA) is 107 Å². The number of carbonyl (C=O) groups is 1. The fraction of sp³-hybridized carbons (Fsp3) is 0.320. The van der Waals surface area contributed by atoms with Crippen molar-refractivity contribution in [3.8, 4) is 17.0 Å². The summed E-state index contributed by atoms with van der Waals surface area (Å²) < 4.78 is 5.58. The number of nitrogens with two attached hydrogens (primary N) is 2. The molecule has 3 aromatic rings. The molecule has 1 aliphatic heterocycles. The zero-order valence-electron chi connectivity index (χ0n) is 18.6. The van der Waals surface area contributed by atoms with Crippen LogP contribution in [0.25, 0.3) is 11.3 Å². The number of nitrogen functional groups attached to an aromatic ring is 1. The smallest absolute Gasteiger partial charge is 0.187 e. The van der Waals surface area contributed by atoms with Crippen molar-refractivity contribution in [2.75, 3.05) is 30.3 Å². The van der Waals surface area contributed by atoms with E-state index in [4.69, 9.17) is 27.8 Å². The molecule has 1 saturated heterocycles. The molecule has 4 rings (SSSR count). The molecule has 2 aromatic heterocycles. The monoisotopic (exact) mass is 465 g/mol. The first kappa shape index (κ1) is 23.0. The molecule has 4 N–H and O–H groups in total. The maximum Gasteiger partial charge on any atom is 0.187 e. The van der Waals surface area contributed by atoms with Crippen LogP contribution in [0.15, 0.2) is 48.8 Å². The van der Waals surface area contributed by atoms with E-state index in [1.165, 1.54) is 0 Å². The highest BCUT2D eigenvalue weighted by Gasteiger charge is 2.22. The zero-order valence-corrected chi connectivity index (χ0v) is 19.4. The van der Waals surface area contributed by atoms with Gasteiger partial charge in [0.2, 0.25) is 0 Å². The molecule has 7 nitrogen and oxygen atoms in total. The Morgan fingerprint density at radius 1 is 1.27 bits per heavy atom. The summed E-state index contributed by atoms with van der Waals surface area (Å²) in [5, 5.41) is 0.519. The van der Waals surface area contributed by atoms with Crippen molar-refractivity contribution in [3.63, 3.8) is 0 Å². The lowest BCUT2D eigenvalue weighted by atomic mass is 10.0. The van der Waals surface area contributed by atoms with Crippen LogP contribution in [0.3, 0.4) is 0 Å². The molecule has 0 unspecified atom stereocenters. The summed E-state index contributed by atoms with van der Waals surface area (Å²) >= 11 is 6.42. The van der Waals surface area contributed by atoms with E-state index in [0.717, 1.165) is 37.2 Å². The predicted molar refractivity (Wildman–Crippen MR) is 132 cm³/mol. The van der Waals surface area contributed by atoms with Gasteiger partial charge in [0.15, 0.2) is 5.78 Å². The van der Waals surface area contributed by atoms with Crippen molar-refractivity contribution in [1.82, 2.24) is 9.97 Å². The van der Waals surface area contributed by atoms with Gasteiger partial charge in [-0.05, 0) is 56.2 Å². The summed E-state index contributed by atoms with van der Waals surface area (Å²) in [6.45, 7) is 4.12. The number of nitrogens with zero attached hydrogens (tertiary/aromatic N) is 3. The highest BCUT2D eigenvalue weighted by molar-refractivity contribution is 6.33. The fourth-order valence-electron chi connectivity index (χ4n) is 4.15. The zero-order chi connectivity index (χ0) is 23.4. The van der Waals surface area contributed by atoms with Gasteiger partial charge in [0, 0.05) is 54.8 Å². The number of piperidine rings is 1. The number of ether oxygens (including phenoxy) is 1. The van der Waals surface area contributed by atoms with E-state index in [1.807, 2.05) is 19.1 Å². The molecule has 1 aliphatic rings. The average Bonchev–Trinajstić information content (AvgIpc) is 2.81. The third kappa shape index (κ3) is 5.26. The molecule has 3 heterocycles. The van der Waals surface area contributed by atoms with E-state index < -0.39 is 0 Å². The van der Waals surface area contributed by atoms with Crippen molar-refractivity contribution in [2.45, 2.75) is 32.2 Å². The standard InChI is InChI=1S/C25H28ClN5O2/c1-2-33-18-5-6-20(26)19(13-18)22-8-7-21(28)25(30-22)24(32)12-16-14-29-10-9-23(16)31-11-3-4-17(27)15-31/h5-10,13-14,17H,2-4,11-12,15,27-28H2,1H3/t17-/m0/s1. The molecule has 8 heteroatoms. The van der Waals surface area contributed by atoms with Crippen LogP contribution in [-0.4, -0.2) is 41.5 Å². The van der Waals surface area contributed by atoms with Crippen LogP contribution < -0.4 is 21.1 Å². The molecule has 0 saturated carbocycles. The lowest BCUT2D eigenvalue weighted by Crippen LogP contribution is -2.43. The minimum atomic E-state index is -0.179. The summed E-state index contributed by atoms with van der Waals surface area (Å²) in [7, 11) is 0. The molecule has 0 spiro atoms. The number of benzene rings is 1. The summed E-state index contributed by atoms with van der Waals surface area (Å²) in [5.74, 6) is 0.505. The molecule has 1 atom stereocenters. The predicted octanol–water partition coefficient (Wildman–Crippen LogP) is 4.13. The molecule has 0 bridgehead atoms. The Labute approximate surface area is 198 Å². The molecule has 172 valence electrons. The largest absolute Gasteiger partial charge is 0.494 e. The van der Waals surface area contributed by atoms with E-state index in [9.17, 15) is 4.79 Å². The number of aromatic nitrogens is 2. The van der Waals surface area contributed by atoms with Crippen molar-refractivity contribution in [3.05, 3.63) is 65.1 Å². The summed E-state index contributed by atoms with van der Waals surface area (Å²) in [6.07, 6.45) is 5.65. The van der Waals surface area contributed by atoms with Crippen molar-refractivity contribution in [2.24, 2.45) is 5.73 Å². The van der Waals surface area contributed by atoms with Gasteiger partial charge in [0.25, 0.3) is 0 Å². The number of hydrogen-bond acceptors (Lipinski definition) is 7. The van der Waals surface area contributed by atoms with Gasteiger partial charge in [-0.25, -0.2) is 4.98 Å². The number of Topliss-reactive ketones (excluding diaryl/α,β-unsaturated/α-hetero) is 1. The van der Waals surface area contributed by atoms with E-state index in [0.29, 0.717) is 34.3 Å². The molecule has 0 amide bonds. The summed E-state index contributed by atoms with van der Waals surface area (Å²) in [4.78, 5) is 24.4. The Morgan fingerprint density at radius 3 is 2.91 bits per heavy atom. The first-order chi connectivity index (χ1) is 16.0. The number of halogens is 1. The van der Waals surface area contributed by atoms with Gasteiger partial charge in [-0.2, -0.15) is 0 Å². The SMILES string of the molecule is CCOc1ccc(Cl)c(-c2ccc(N)c(C(=O)Cc3cnccc3N3CCC[C@H](N)C3)n2)c1. The number of pyridine rings is 2. The van der Waals surface area contributed by atoms with Crippen molar-refractivity contribution in [1.29, 1.82) is 0 Å². The van der Waals surface area contributed by atoms with Crippen LogP contribution >= 0.6 is 11.6 Å². The minimum Gasteiger partial charge on any atom is -0.494 e. The third-order valence-electron chi connectivity index (χ3n) is 5.74. The molecule has 1 aromatic carbocycles. The maximum absolute atomic E-state index is 13.3. The van der Waals surface area contributed by atoms with Gasteiger partial charge in [0.1, 0.15) is 11.4 Å². The minimum absolute atomic E-state index is 0.127. The molecule has 0 aliphatic carbocycles. The highest BCUT2D eigenvalue weighted by atomic mass is 35.5. The van der Waals surface area contributed by atoms with E-state index in [-0.39, 0.29) is 23.9 Å². The van der Waals surface area contributed by atoms with E-state index in [1.54, 1.807) is 36.7 Å². The molecule has 33 heavy (non-hydrogen) atoms. The lowest BCUT2D eigenvalue weighted by molar-refractivity contribution is 0.0989. The number of anilines is 2. The number of hydrogen-bond donors (Lipinski definition) is 2. The average molecular weight is 466 g/mol.